The van der Waals surface area contributed by atoms with E-state index in [1.807, 2.05) is 6.07 Å². The molecule has 19 heavy (non-hydrogen) atoms. The Balaban J connectivity index is 2.00. The van der Waals surface area contributed by atoms with E-state index in [-0.39, 0.29) is 12.0 Å². The van der Waals surface area contributed by atoms with E-state index in [1.54, 1.807) is 0 Å². The van der Waals surface area contributed by atoms with Crippen molar-refractivity contribution < 1.29 is 9.90 Å². The topological polar surface area (TPSA) is 49.3 Å². The summed E-state index contributed by atoms with van der Waals surface area (Å²) in [5, 5.41) is 12.5. The summed E-state index contributed by atoms with van der Waals surface area (Å²) in [7, 11) is 0. The first-order chi connectivity index (χ1) is 8.97. The second kappa shape index (κ2) is 7.21. The van der Waals surface area contributed by atoms with Crippen molar-refractivity contribution in [3.8, 4) is 0 Å². The summed E-state index contributed by atoms with van der Waals surface area (Å²) in [6.07, 6.45) is 2.49. The molecule has 6 heteroatoms. The van der Waals surface area contributed by atoms with Gasteiger partial charge < -0.3 is 10.4 Å². The van der Waals surface area contributed by atoms with Crippen LogP contribution < -0.4 is 5.32 Å². The molecule has 2 rings (SSSR count). The summed E-state index contributed by atoms with van der Waals surface area (Å²) in [5.41, 5.74) is 0.746. The van der Waals surface area contributed by atoms with Gasteiger partial charge in [-0.3, -0.25) is 4.79 Å². The molecule has 2 unspecified atom stereocenters. The van der Waals surface area contributed by atoms with Crippen molar-refractivity contribution in [2.75, 3.05) is 6.54 Å². The first-order valence-electron chi connectivity index (χ1n) is 6.08. The van der Waals surface area contributed by atoms with Crippen LogP contribution in [0.15, 0.2) is 12.1 Å². The van der Waals surface area contributed by atoms with E-state index in [4.69, 9.17) is 0 Å². The molecule has 2 atom stereocenters. The maximum atomic E-state index is 12.2. The van der Waals surface area contributed by atoms with Gasteiger partial charge in [0.1, 0.15) is 0 Å². The highest BCUT2D eigenvalue weighted by Gasteiger charge is 2.23. The number of carbonyl (C=O) groups excluding carboxylic acids is 1. The Morgan fingerprint density at radius 1 is 1.32 bits per heavy atom. The molecule has 3 nitrogen and oxygen atoms in total. The molecule has 1 saturated carbocycles. The predicted octanol–water partition coefficient (Wildman–Crippen LogP) is 3.39. The first-order valence-corrected chi connectivity index (χ1v) is 9.32. The normalized spacial score (nSPS) is 22.5. The number of rotatable bonds is 3. The van der Waals surface area contributed by atoms with E-state index in [9.17, 15) is 9.90 Å². The third-order valence-corrected chi connectivity index (χ3v) is 6.97. The molecule has 0 aliphatic heterocycles. The molecule has 0 aromatic heterocycles. The number of nitrogens with one attached hydrogen (secondary N) is 1. The minimum Gasteiger partial charge on any atom is -0.393 e. The van der Waals surface area contributed by atoms with Crippen molar-refractivity contribution in [3.05, 3.63) is 28.4 Å². The minimum absolute atomic E-state index is 0.0118. The Labute approximate surface area is 153 Å². The number of aliphatic hydroxyl groups excluding tert-OH is 1. The van der Waals surface area contributed by atoms with Crippen molar-refractivity contribution in [1.82, 2.24) is 5.32 Å². The molecule has 1 amide bonds. The van der Waals surface area contributed by atoms with Gasteiger partial charge >= 0.3 is 0 Å². The van der Waals surface area contributed by atoms with Crippen LogP contribution in [0.5, 0.6) is 0 Å². The highest BCUT2D eigenvalue weighted by atomic mass is 127. The highest BCUT2D eigenvalue weighted by Crippen LogP contribution is 2.25. The number of hydrogen-bond donors (Lipinski definition) is 2. The van der Waals surface area contributed by atoms with E-state index in [0.717, 1.165) is 35.5 Å². The van der Waals surface area contributed by atoms with Crippen molar-refractivity contribution in [3.63, 3.8) is 0 Å². The molecule has 104 valence electrons. The molecule has 0 spiro atoms. The second-order valence-corrected chi connectivity index (χ2v) is 8.28. The Morgan fingerprint density at radius 3 is 2.68 bits per heavy atom. The zero-order valence-electron chi connectivity index (χ0n) is 10.1. The number of amides is 1. The lowest BCUT2D eigenvalue weighted by molar-refractivity contribution is 0.0944. The molecule has 1 aliphatic carbocycles. The van der Waals surface area contributed by atoms with E-state index < -0.39 is 0 Å². The fourth-order valence-electron chi connectivity index (χ4n) is 2.29. The standard InChI is InChI=1S/C13H14I3NO2/c14-8-4-10(12(16)11(15)5-8)13(19)17-6-7-1-2-9(18)3-7/h4-5,7,9,18H,1-3,6H2,(H,17,19). The SMILES string of the molecule is O=C(NCC1CCC(O)C1)c1cc(I)cc(I)c1I. The van der Waals surface area contributed by atoms with Crippen LogP contribution in [-0.2, 0) is 0 Å². The van der Waals surface area contributed by atoms with Crippen LogP contribution in [-0.4, -0.2) is 23.7 Å². The Kier molecular flexibility index (Phi) is 6.15. The molecule has 0 heterocycles. The molecular formula is C13H14I3NO2. The van der Waals surface area contributed by atoms with Gasteiger partial charge in [-0.15, -0.1) is 0 Å². The van der Waals surface area contributed by atoms with Crippen LogP contribution in [0.25, 0.3) is 0 Å². The largest absolute Gasteiger partial charge is 0.393 e. The number of carbonyl (C=O) groups is 1. The summed E-state index contributed by atoms with van der Waals surface area (Å²) in [5.74, 6) is 0.403. The lowest BCUT2D eigenvalue weighted by atomic mass is 10.1. The van der Waals surface area contributed by atoms with Crippen LogP contribution >= 0.6 is 67.8 Å². The van der Waals surface area contributed by atoms with E-state index in [0.29, 0.717) is 12.5 Å². The van der Waals surface area contributed by atoms with Crippen LogP contribution in [0, 0.1) is 16.6 Å². The molecule has 1 aromatic carbocycles. The van der Waals surface area contributed by atoms with E-state index in [1.165, 1.54) is 0 Å². The Bertz CT molecular complexity index is 493. The first kappa shape index (κ1) is 16.2. The number of halogens is 3. The Hall–Kier alpha value is 0.840. The maximum Gasteiger partial charge on any atom is 0.252 e. The van der Waals surface area contributed by atoms with Crippen LogP contribution in [0.4, 0.5) is 0 Å². The molecule has 1 aliphatic rings. The van der Waals surface area contributed by atoms with E-state index >= 15 is 0 Å². The van der Waals surface area contributed by atoms with Gasteiger partial charge in [0.2, 0.25) is 0 Å². The van der Waals surface area contributed by atoms with Crippen molar-refractivity contribution in [1.29, 1.82) is 0 Å². The van der Waals surface area contributed by atoms with Gasteiger partial charge in [0.25, 0.3) is 5.91 Å². The molecule has 1 aromatic rings. The summed E-state index contributed by atoms with van der Waals surface area (Å²) in [6, 6.07) is 3.98. The van der Waals surface area contributed by atoms with Crippen LogP contribution in [0.2, 0.25) is 0 Å². The number of hydrogen-bond acceptors (Lipinski definition) is 2. The van der Waals surface area contributed by atoms with Gasteiger partial charge in [0.05, 0.1) is 11.7 Å². The summed E-state index contributed by atoms with van der Waals surface area (Å²) >= 11 is 6.70. The molecule has 2 N–H and O–H groups in total. The third-order valence-electron chi connectivity index (χ3n) is 3.30. The monoisotopic (exact) mass is 597 g/mol. The second-order valence-electron chi connectivity index (χ2n) is 4.79. The smallest absolute Gasteiger partial charge is 0.252 e. The van der Waals surface area contributed by atoms with Gasteiger partial charge in [-0.1, -0.05) is 0 Å². The molecule has 0 radical (unpaired) electrons. The number of aliphatic hydroxyl groups is 1. The zero-order valence-corrected chi connectivity index (χ0v) is 16.6. The van der Waals surface area contributed by atoms with Gasteiger partial charge in [-0.2, -0.15) is 0 Å². The van der Waals surface area contributed by atoms with Crippen LogP contribution in [0.3, 0.4) is 0 Å². The average Bonchev–Trinajstić information content (AvgIpc) is 2.76. The molecule has 1 fully saturated rings. The van der Waals surface area contributed by atoms with Gasteiger partial charge in [0, 0.05) is 17.3 Å². The average molecular weight is 597 g/mol. The summed E-state index contributed by atoms with van der Waals surface area (Å²) < 4.78 is 3.18. The quantitative estimate of drug-likeness (QED) is 0.415. The van der Waals surface area contributed by atoms with Crippen molar-refractivity contribution >= 4 is 73.7 Å². The molecular weight excluding hydrogens is 583 g/mol. The minimum atomic E-state index is -0.180. The van der Waals surface area contributed by atoms with Crippen molar-refractivity contribution in [2.24, 2.45) is 5.92 Å². The lowest BCUT2D eigenvalue weighted by Crippen LogP contribution is -2.29. The fourth-order valence-corrected chi connectivity index (χ4v) is 4.69. The summed E-state index contributed by atoms with van der Waals surface area (Å²) in [6.45, 7) is 0.661. The van der Waals surface area contributed by atoms with Gasteiger partial charge in [0.15, 0.2) is 0 Å². The highest BCUT2D eigenvalue weighted by molar-refractivity contribution is 14.1. The maximum absolute atomic E-state index is 12.2. The van der Waals surface area contributed by atoms with Gasteiger partial charge in [-0.05, 0) is 105 Å². The van der Waals surface area contributed by atoms with E-state index in [2.05, 4.69) is 79.2 Å². The molecule has 0 bridgehead atoms. The predicted molar refractivity (Wildman–Crippen MR) is 100 cm³/mol. The fraction of sp³-hybridized carbons (Fsp3) is 0.462. The van der Waals surface area contributed by atoms with Crippen molar-refractivity contribution in [2.45, 2.75) is 25.4 Å². The number of benzene rings is 1. The van der Waals surface area contributed by atoms with Crippen LogP contribution in [0.1, 0.15) is 29.6 Å². The summed E-state index contributed by atoms with van der Waals surface area (Å²) in [4.78, 5) is 12.2. The van der Waals surface area contributed by atoms with Gasteiger partial charge in [-0.25, -0.2) is 0 Å². The third kappa shape index (κ3) is 4.40. The molecule has 0 saturated heterocycles. The zero-order chi connectivity index (χ0) is 14.0. The Morgan fingerprint density at radius 2 is 2.05 bits per heavy atom. The lowest BCUT2D eigenvalue weighted by Gasteiger charge is -2.12.